The lowest BCUT2D eigenvalue weighted by Crippen LogP contribution is -2.31. The first kappa shape index (κ1) is 36.3. The molecule has 0 bridgehead atoms. The van der Waals surface area contributed by atoms with Gasteiger partial charge in [-0.05, 0) is 62.5 Å². The van der Waals surface area contributed by atoms with Gasteiger partial charge >= 0.3 is 0 Å². The predicted molar refractivity (Wildman–Crippen MR) is 168 cm³/mol. The largest absolute Gasteiger partial charge is 0.378 e. The molecule has 0 fully saturated rings. The number of hydrogen-bond donors (Lipinski definition) is 0. The van der Waals surface area contributed by atoms with E-state index >= 15 is 0 Å². The highest BCUT2D eigenvalue weighted by atomic mass is 32.2. The molecule has 0 aromatic carbocycles. The number of ketones is 2. The molecule has 0 aromatic heterocycles. The molecule has 42 heavy (non-hydrogen) atoms. The highest BCUT2D eigenvalue weighted by Crippen LogP contribution is 2.39. The highest BCUT2D eigenvalue weighted by molar-refractivity contribution is 7.92. The fraction of sp³-hybridized carbons (Fsp3) is 0.688. The Labute approximate surface area is 253 Å². The summed E-state index contributed by atoms with van der Waals surface area (Å²) in [5.41, 5.74) is 2.52. The van der Waals surface area contributed by atoms with Crippen molar-refractivity contribution < 1.29 is 35.9 Å². The molecule has 0 radical (unpaired) electrons. The molecule has 0 aliphatic heterocycles. The van der Waals surface area contributed by atoms with E-state index in [0.29, 0.717) is 11.1 Å². The van der Waals surface area contributed by atoms with Crippen LogP contribution in [0.1, 0.15) is 81.1 Å². The van der Waals surface area contributed by atoms with Crippen LogP contribution in [0.15, 0.2) is 46.6 Å². The molecule has 0 spiro atoms. The van der Waals surface area contributed by atoms with Crippen LogP contribution < -0.4 is 0 Å². The number of carbonyl (C=O) groups excluding carboxylic acids is 2. The first-order valence-corrected chi connectivity index (χ1v) is 18.2. The standard InChI is InChI=1S/C32H50O8S2/c1-23-11-9-13-31(5,6)29(23)27(33)21-25(3)41(35,36)19-17-39-15-16-40-18-20-42(37,38)26(4)22-28(34)30-24(2)12-10-14-32(30,7)8/h9-12,25-26H,13-22H2,1-8H3. The Kier molecular flexibility index (Phi) is 12.7. The van der Waals surface area contributed by atoms with Crippen LogP contribution in [0.5, 0.6) is 0 Å². The number of hydrogen-bond acceptors (Lipinski definition) is 8. The Morgan fingerprint density at radius 3 is 1.33 bits per heavy atom. The second-order valence-electron chi connectivity index (χ2n) is 12.9. The van der Waals surface area contributed by atoms with E-state index in [-0.39, 0.29) is 73.2 Å². The summed E-state index contributed by atoms with van der Waals surface area (Å²) in [4.78, 5) is 25.9. The predicted octanol–water partition coefficient (Wildman–Crippen LogP) is 5.15. The average molecular weight is 627 g/mol. The maximum atomic E-state index is 13.0. The molecule has 0 amide bonds. The normalized spacial score (nSPS) is 20.1. The molecule has 0 saturated heterocycles. The van der Waals surface area contributed by atoms with Gasteiger partial charge < -0.3 is 9.47 Å². The smallest absolute Gasteiger partial charge is 0.160 e. The van der Waals surface area contributed by atoms with E-state index in [1.54, 1.807) is 13.8 Å². The molecule has 0 saturated carbocycles. The number of allylic oxidation sites excluding steroid dienone is 8. The van der Waals surface area contributed by atoms with Crippen molar-refractivity contribution in [2.24, 2.45) is 10.8 Å². The van der Waals surface area contributed by atoms with Crippen molar-refractivity contribution >= 4 is 31.2 Å². The number of rotatable bonds is 17. The van der Waals surface area contributed by atoms with E-state index < -0.39 is 30.2 Å². The number of Topliss-reactive ketones (excluding diaryl/α,β-unsaturated/α-hetero) is 2. The van der Waals surface area contributed by atoms with Crippen LogP contribution in [0.3, 0.4) is 0 Å². The zero-order chi connectivity index (χ0) is 31.9. The molecule has 0 heterocycles. The Bertz CT molecular complexity index is 1240. The Morgan fingerprint density at radius 2 is 1.02 bits per heavy atom. The van der Waals surface area contributed by atoms with Crippen molar-refractivity contribution in [2.75, 3.05) is 37.9 Å². The van der Waals surface area contributed by atoms with E-state index in [0.717, 1.165) is 24.0 Å². The monoisotopic (exact) mass is 626 g/mol. The minimum atomic E-state index is -3.55. The fourth-order valence-electron chi connectivity index (χ4n) is 5.75. The van der Waals surface area contributed by atoms with Crippen LogP contribution in [0.25, 0.3) is 0 Å². The third-order valence-electron chi connectivity index (χ3n) is 8.26. The summed E-state index contributed by atoms with van der Waals surface area (Å²) in [5, 5.41) is -1.65. The van der Waals surface area contributed by atoms with Gasteiger partial charge in [0.05, 0.1) is 48.4 Å². The summed E-state index contributed by atoms with van der Waals surface area (Å²) >= 11 is 0. The van der Waals surface area contributed by atoms with Crippen LogP contribution in [0, 0.1) is 10.8 Å². The number of sulfone groups is 2. The van der Waals surface area contributed by atoms with Gasteiger partial charge in [0.25, 0.3) is 0 Å². The first-order valence-electron chi connectivity index (χ1n) is 14.7. The molecule has 2 atom stereocenters. The highest BCUT2D eigenvalue weighted by Gasteiger charge is 2.35. The summed E-state index contributed by atoms with van der Waals surface area (Å²) in [6.45, 7) is 15.0. The zero-order valence-corrected chi connectivity index (χ0v) is 28.3. The van der Waals surface area contributed by atoms with Crippen molar-refractivity contribution in [3.8, 4) is 0 Å². The van der Waals surface area contributed by atoms with Crippen molar-refractivity contribution in [1.82, 2.24) is 0 Å². The maximum absolute atomic E-state index is 13.0. The lowest BCUT2D eigenvalue weighted by atomic mass is 9.73. The second-order valence-corrected chi connectivity index (χ2v) is 18.0. The topological polar surface area (TPSA) is 121 Å². The molecular formula is C32H50O8S2. The molecule has 2 aliphatic carbocycles. The van der Waals surface area contributed by atoms with Crippen molar-refractivity contribution in [3.63, 3.8) is 0 Å². The first-order chi connectivity index (χ1) is 19.3. The van der Waals surface area contributed by atoms with Crippen molar-refractivity contribution in [1.29, 1.82) is 0 Å². The van der Waals surface area contributed by atoms with Crippen LogP contribution in [-0.2, 0) is 38.7 Å². The summed E-state index contributed by atoms with van der Waals surface area (Å²) in [7, 11) is -7.09. The second kappa shape index (κ2) is 14.7. The molecule has 2 aliphatic rings. The molecule has 0 aromatic rings. The number of ether oxygens (including phenoxy) is 2. The molecule has 2 rings (SSSR count). The van der Waals surface area contributed by atoms with Crippen LogP contribution in [-0.4, -0.2) is 76.8 Å². The van der Waals surface area contributed by atoms with Crippen LogP contribution >= 0.6 is 0 Å². The summed E-state index contributed by atoms with van der Waals surface area (Å²) < 4.78 is 61.8. The van der Waals surface area contributed by atoms with Gasteiger partial charge in [0.2, 0.25) is 0 Å². The van der Waals surface area contributed by atoms with Gasteiger partial charge in [-0.1, -0.05) is 52.0 Å². The minimum absolute atomic E-state index is 0.0432. The Balaban J connectivity index is 1.71. The van der Waals surface area contributed by atoms with Crippen LogP contribution in [0.4, 0.5) is 0 Å². The van der Waals surface area contributed by atoms with Crippen molar-refractivity contribution in [3.05, 3.63) is 46.6 Å². The van der Waals surface area contributed by atoms with Gasteiger partial charge in [0.1, 0.15) is 0 Å². The number of carbonyl (C=O) groups is 2. The molecule has 2 unspecified atom stereocenters. The van der Waals surface area contributed by atoms with Gasteiger partial charge in [0.15, 0.2) is 31.2 Å². The lowest BCUT2D eigenvalue weighted by Gasteiger charge is -2.31. The SMILES string of the molecule is CC1=C(C(=O)CC(C)S(=O)(=O)CCOCCOCCS(=O)(=O)C(C)CC(=O)C2=C(C)C=CCC2(C)C)C(C)(C)CC=C1. The molecule has 0 N–H and O–H groups in total. The van der Waals surface area contributed by atoms with E-state index in [4.69, 9.17) is 9.47 Å². The van der Waals surface area contributed by atoms with Gasteiger partial charge in [-0.2, -0.15) is 0 Å². The van der Waals surface area contributed by atoms with Crippen LogP contribution in [0.2, 0.25) is 0 Å². The molecule has 10 heteroatoms. The quantitative estimate of drug-likeness (QED) is 0.203. The summed E-state index contributed by atoms with van der Waals surface area (Å²) in [5.74, 6) is -0.706. The van der Waals surface area contributed by atoms with Gasteiger partial charge in [-0.3, -0.25) is 9.59 Å². The van der Waals surface area contributed by atoms with Gasteiger partial charge in [0, 0.05) is 24.0 Å². The lowest BCUT2D eigenvalue weighted by molar-refractivity contribution is -0.117. The van der Waals surface area contributed by atoms with E-state index in [2.05, 4.69) is 0 Å². The third-order valence-corrected chi connectivity index (χ3v) is 12.5. The minimum Gasteiger partial charge on any atom is -0.378 e. The maximum Gasteiger partial charge on any atom is 0.160 e. The molecular weight excluding hydrogens is 576 g/mol. The average Bonchev–Trinajstić information content (AvgIpc) is 2.84. The fourth-order valence-corrected chi connectivity index (χ4v) is 8.06. The van der Waals surface area contributed by atoms with E-state index in [1.165, 1.54) is 0 Å². The Hall–Kier alpha value is -1.88. The Morgan fingerprint density at radius 1 is 0.690 bits per heavy atom. The van der Waals surface area contributed by atoms with E-state index in [1.807, 2.05) is 65.8 Å². The van der Waals surface area contributed by atoms with Gasteiger partial charge in [-0.25, -0.2) is 16.8 Å². The summed E-state index contributed by atoms with van der Waals surface area (Å²) in [6.07, 6.45) is 9.24. The molecule has 238 valence electrons. The molecule has 8 nitrogen and oxygen atoms in total. The summed E-state index contributed by atoms with van der Waals surface area (Å²) in [6, 6.07) is 0. The zero-order valence-electron chi connectivity index (χ0n) is 26.6. The van der Waals surface area contributed by atoms with Gasteiger partial charge in [-0.15, -0.1) is 0 Å². The van der Waals surface area contributed by atoms with E-state index in [9.17, 15) is 26.4 Å². The van der Waals surface area contributed by atoms with Crippen molar-refractivity contribution in [2.45, 2.75) is 91.6 Å². The third kappa shape index (κ3) is 9.82.